The van der Waals surface area contributed by atoms with Gasteiger partial charge in [0.05, 0.1) is 23.1 Å². The van der Waals surface area contributed by atoms with E-state index in [1.807, 2.05) is 29.8 Å². The maximum absolute atomic E-state index is 12.7. The molecular formula is C21H21ClN4O. The van der Waals surface area contributed by atoms with Crippen molar-refractivity contribution in [3.8, 4) is 5.69 Å². The van der Waals surface area contributed by atoms with Crippen molar-refractivity contribution in [2.45, 2.75) is 25.9 Å². The molecule has 0 fully saturated rings. The zero-order valence-corrected chi connectivity index (χ0v) is 15.9. The Hall–Kier alpha value is -2.63. The smallest absolute Gasteiger partial charge is 0.241 e. The summed E-state index contributed by atoms with van der Waals surface area (Å²) in [5.41, 5.74) is 4.20. The molecule has 1 N–H and O–H groups in total. The van der Waals surface area contributed by atoms with Gasteiger partial charge >= 0.3 is 0 Å². The lowest BCUT2D eigenvalue weighted by Gasteiger charge is -2.32. The molecule has 2 heterocycles. The number of hydrogen-bond acceptors (Lipinski definition) is 3. The third-order valence-electron chi connectivity index (χ3n) is 5.09. The Labute approximate surface area is 163 Å². The molecule has 27 heavy (non-hydrogen) atoms. The fourth-order valence-electron chi connectivity index (χ4n) is 3.46. The lowest BCUT2D eigenvalue weighted by atomic mass is 9.99. The Kier molecular flexibility index (Phi) is 4.97. The number of fused-ring (bicyclic) bond motifs is 1. The highest BCUT2D eigenvalue weighted by Gasteiger charge is 2.25. The van der Waals surface area contributed by atoms with E-state index in [9.17, 15) is 4.79 Å². The third-order valence-corrected chi connectivity index (χ3v) is 5.39. The van der Waals surface area contributed by atoms with Crippen molar-refractivity contribution in [2.75, 3.05) is 11.9 Å². The van der Waals surface area contributed by atoms with E-state index in [2.05, 4.69) is 39.5 Å². The fraction of sp³-hybridized carbons (Fsp3) is 0.238. The maximum atomic E-state index is 12.7. The summed E-state index contributed by atoms with van der Waals surface area (Å²) in [6.45, 7) is 3.63. The van der Waals surface area contributed by atoms with Crippen molar-refractivity contribution in [1.82, 2.24) is 14.5 Å². The second kappa shape index (κ2) is 7.55. The first kappa shape index (κ1) is 17.8. The monoisotopic (exact) mass is 380 g/mol. The van der Waals surface area contributed by atoms with Crippen LogP contribution in [0.2, 0.25) is 5.02 Å². The van der Waals surface area contributed by atoms with Crippen molar-refractivity contribution < 1.29 is 4.79 Å². The molecule has 0 bridgehead atoms. The van der Waals surface area contributed by atoms with Crippen molar-refractivity contribution in [1.29, 1.82) is 0 Å². The summed E-state index contributed by atoms with van der Waals surface area (Å²) < 4.78 is 1.84. The van der Waals surface area contributed by atoms with Gasteiger partial charge in [0.25, 0.3) is 0 Å². The minimum atomic E-state index is -0.217. The van der Waals surface area contributed by atoms with E-state index >= 15 is 0 Å². The Morgan fingerprint density at radius 3 is 2.78 bits per heavy atom. The molecule has 3 aromatic rings. The van der Waals surface area contributed by atoms with E-state index in [0.29, 0.717) is 10.7 Å². The van der Waals surface area contributed by atoms with Gasteiger partial charge in [-0.15, -0.1) is 0 Å². The molecule has 4 rings (SSSR count). The third kappa shape index (κ3) is 3.75. The molecule has 1 aromatic heterocycles. The number of nitrogens with one attached hydrogen (secondary N) is 1. The highest BCUT2D eigenvalue weighted by atomic mass is 35.5. The minimum absolute atomic E-state index is 0.0270. The van der Waals surface area contributed by atoms with Crippen LogP contribution in [0.3, 0.4) is 0 Å². The second-order valence-corrected chi connectivity index (χ2v) is 7.20. The molecule has 138 valence electrons. The zero-order chi connectivity index (χ0) is 18.8. The van der Waals surface area contributed by atoms with E-state index in [-0.39, 0.29) is 11.9 Å². The normalized spacial score (nSPS) is 15.2. The van der Waals surface area contributed by atoms with Crippen LogP contribution in [0.1, 0.15) is 18.1 Å². The van der Waals surface area contributed by atoms with Crippen LogP contribution in [0.25, 0.3) is 5.69 Å². The highest BCUT2D eigenvalue weighted by Crippen LogP contribution is 2.25. The summed E-state index contributed by atoms with van der Waals surface area (Å²) in [6, 6.07) is 13.7. The summed E-state index contributed by atoms with van der Waals surface area (Å²) in [5, 5.41) is 3.55. The number of benzene rings is 2. The lowest BCUT2D eigenvalue weighted by molar-refractivity contribution is -0.121. The highest BCUT2D eigenvalue weighted by molar-refractivity contribution is 6.32. The molecule has 5 nitrogen and oxygen atoms in total. The van der Waals surface area contributed by atoms with Crippen molar-refractivity contribution in [3.63, 3.8) is 0 Å². The molecule has 0 radical (unpaired) electrons. The number of nitrogens with zero attached hydrogens (tertiary/aromatic N) is 3. The Morgan fingerprint density at radius 1 is 1.22 bits per heavy atom. The Bertz CT molecular complexity index is 955. The van der Waals surface area contributed by atoms with Crippen LogP contribution < -0.4 is 5.32 Å². The van der Waals surface area contributed by atoms with Crippen LogP contribution in [0.5, 0.6) is 0 Å². The van der Waals surface area contributed by atoms with Crippen LogP contribution in [-0.2, 0) is 17.8 Å². The van der Waals surface area contributed by atoms with Crippen LogP contribution in [-0.4, -0.2) is 32.9 Å². The largest absolute Gasteiger partial charge is 0.325 e. The molecule has 1 unspecified atom stereocenters. The molecule has 2 aromatic carbocycles. The van der Waals surface area contributed by atoms with Gasteiger partial charge < -0.3 is 9.88 Å². The van der Waals surface area contributed by atoms with Gasteiger partial charge in [0.2, 0.25) is 5.91 Å². The molecule has 1 amide bonds. The van der Waals surface area contributed by atoms with Gasteiger partial charge in [-0.2, -0.15) is 0 Å². The first-order valence-corrected chi connectivity index (χ1v) is 9.39. The second-order valence-electron chi connectivity index (χ2n) is 6.79. The molecule has 1 aliphatic heterocycles. The number of carbonyl (C=O) groups is 1. The molecule has 0 saturated heterocycles. The number of aromatic nitrogens is 2. The van der Waals surface area contributed by atoms with Crippen LogP contribution >= 0.6 is 11.6 Å². The summed E-state index contributed by atoms with van der Waals surface area (Å²) in [4.78, 5) is 19.0. The van der Waals surface area contributed by atoms with Gasteiger partial charge in [0.1, 0.15) is 0 Å². The SMILES string of the molecule is CC(C(=O)Nc1ccc(-n2ccnc2)c(Cl)c1)N1CCc2ccccc2C1. The van der Waals surface area contributed by atoms with Crippen LogP contribution in [0, 0.1) is 0 Å². The molecule has 1 atom stereocenters. The maximum Gasteiger partial charge on any atom is 0.241 e. The number of halogens is 1. The van der Waals surface area contributed by atoms with Gasteiger partial charge in [-0.05, 0) is 42.7 Å². The number of rotatable bonds is 4. The van der Waals surface area contributed by atoms with Crippen molar-refractivity contribution >= 4 is 23.2 Å². The molecular weight excluding hydrogens is 360 g/mol. The van der Waals surface area contributed by atoms with Crippen molar-refractivity contribution in [3.05, 3.63) is 77.3 Å². The summed E-state index contributed by atoms with van der Waals surface area (Å²) >= 11 is 6.38. The lowest BCUT2D eigenvalue weighted by Crippen LogP contribution is -2.44. The zero-order valence-electron chi connectivity index (χ0n) is 15.1. The van der Waals surface area contributed by atoms with E-state index in [4.69, 9.17) is 11.6 Å². The number of amides is 1. The van der Waals surface area contributed by atoms with Crippen LogP contribution in [0.15, 0.2) is 61.2 Å². The first-order valence-electron chi connectivity index (χ1n) is 9.01. The Morgan fingerprint density at radius 2 is 2.04 bits per heavy atom. The molecule has 0 spiro atoms. The average molecular weight is 381 g/mol. The molecule has 6 heteroatoms. The van der Waals surface area contributed by atoms with Crippen LogP contribution in [0.4, 0.5) is 5.69 Å². The first-order chi connectivity index (χ1) is 13.1. The number of hydrogen-bond donors (Lipinski definition) is 1. The summed E-state index contributed by atoms with van der Waals surface area (Å²) in [5.74, 6) is -0.0270. The topological polar surface area (TPSA) is 50.2 Å². The predicted octanol–water partition coefficient (Wildman–Crippen LogP) is 3.91. The number of imidazole rings is 1. The molecule has 0 saturated carbocycles. The summed E-state index contributed by atoms with van der Waals surface area (Å²) in [7, 11) is 0. The number of anilines is 1. The van der Waals surface area contributed by atoms with E-state index < -0.39 is 0 Å². The predicted molar refractivity (Wildman–Crippen MR) is 107 cm³/mol. The number of carbonyl (C=O) groups excluding carboxylic acids is 1. The molecule has 0 aliphatic carbocycles. The Balaban J connectivity index is 1.44. The van der Waals surface area contributed by atoms with E-state index in [0.717, 1.165) is 25.2 Å². The van der Waals surface area contributed by atoms with Crippen molar-refractivity contribution in [2.24, 2.45) is 0 Å². The minimum Gasteiger partial charge on any atom is -0.325 e. The molecule has 1 aliphatic rings. The van der Waals surface area contributed by atoms with E-state index in [1.165, 1.54) is 11.1 Å². The van der Waals surface area contributed by atoms with Gasteiger partial charge in [0.15, 0.2) is 0 Å². The summed E-state index contributed by atoms with van der Waals surface area (Å²) in [6.07, 6.45) is 6.19. The van der Waals surface area contributed by atoms with Gasteiger partial charge in [-0.1, -0.05) is 35.9 Å². The average Bonchev–Trinajstić information content (AvgIpc) is 3.21. The standard InChI is InChI=1S/C21H21ClN4O/c1-15(25-10-8-16-4-2-3-5-17(16)13-25)21(27)24-18-6-7-20(19(22)12-18)26-11-9-23-14-26/h2-7,9,11-12,14-15H,8,10,13H2,1H3,(H,24,27). The van der Waals surface area contributed by atoms with Gasteiger partial charge in [0, 0.05) is 31.2 Å². The quantitative estimate of drug-likeness (QED) is 0.746. The van der Waals surface area contributed by atoms with E-state index in [1.54, 1.807) is 18.6 Å². The van der Waals surface area contributed by atoms with Gasteiger partial charge in [-0.25, -0.2) is 4.98 Å². The fourth-order valence-corrected chi connectivity index (χ4v) is 3.73. The van der Waals surface area contributed by atoms with Gasteiger partial charge in [-0.3, -0.25) is 9.69 Å².